The first-order valence-corrected chi connectivity index (χ1v) is 11.6. The van der Waals surface area contributed by atoms with E-state index in [1.165, 1.54) is 42.9 Å². The van der Waals surface area contributed by atoms with E-state index in [0.29, 0.717) is 17.2 Å². The Morgan fingerprint density at radius 3 is 2.32 bits per heavy atom. The fourth-order valence-electron chi connectivity index (χ4n) is 3.29. The SMILES string of the molecule is Cc1cc(=O)n(CCC(C(=O)NO)N(C)S(=O)(=O)c2ccc(Oc3ccccc3)cc2)c(=O)[nH]1. The van der Waals surface area contributed by atoms with Crippen molar-refractivity contribution in [1.29, 1.82) is 0 Å². The summed E-state index contributed by atoms with van der Waals surface area (Å²) in [5.41, 5.74) is 0.532. The number of likely N-dealkylation sites (N-methyl/N-ethyl adjacent to an activating group) is 1. The highest BCUT2D eigenvalue weighted by atomic mass is 32.2. The second-order valence-corrected chi connectivity index (χ2v) is 9.43. The van der Waals surface area contributed by atoms with Gasteiger partial charge in [0.15, 0.2) is 0 Å². The van der Waals surface area contributed by atoms with E-state index >= 15 is 0 Å². The van der Waals surface area contributed by atoms with E-state index in [1.54, 1.807) is 31.2 Å². The van der Waals surface area contributed by atoms with Gasteiger partial charge in [0.25, 0.3) is 11.5 Å². The number of hydroxylamine groups is 1. The van der Waals surface area contributed by atoms with Crippen LogP contribution >= 0.6 is 0 Å². The molecule has 0 aliphatic carbocycles. The standard InChI is InChI=1S/C22H24N4O7S/c1-15-14-20(27)26(22(29)23-15)13-12-19(21(28)24-30)25(2)34(31,32)18-10-8-17(9-11-18)33-16-6-4-3-5-7-16/h3-11,14,19,30H,12-13H2,1-2H3,(H,23,29)(H,24,28). The molecule has 0 radical (unpaired) electrons. The number of nitrogens with one attached hydrogen (secondary N) is 2. The van der Waals surface area contributed by atoms with Crippen LogP contribution in [0.3, 0.4) is 0 Å². The van der Waals surface area contributed by atoms with Gasteiger partial charge < -0.3 is 9.72 Å². The van der Waals surface area contributed by atoms with Crippen molar-refractivity contribution in [2.24, 2.45) is 0 Å². The minimum atomic E-state index is -4.18. The fraction of sp³-hybridized carbons (Fsp3) is 0.227. The molecule has 34 heavy (non-hydrogen) atoms. The summed E-state index contributed by atoms with van der Waals surface area (Å²) in [4.78, 5) is 38.8. The number of carbonyl (C=O) groups excluding carboxylic acids is 1. The number of benzene rings is 2. The zero-order chi connectivity index (χ0) is 24.9. The Kier molecular flexibility index (Phi) is 7.66. The Labute approximate surface area is 195 Å². The molecule has 0 saturated carbocycles. The van der Waals surface area contributed by atoms with Gasteiger partial charge in [-0.05, 0) is 49.7 Å². The average molecular weight is 489 g/mol. The molecule has 1 amide bonds. The van der Waals surface area contributed by atoms with Crippen molar-refractivity contribution in [2.75, 3.05) is 7.05 Å². The number of amides is 1. The molecule has 3 aromatic rings. The van der Waals surface area contributed by atoms with Crippen LogP contribution in [0.15, 0.2) is 75.1 Å². The third-order valence-corrected chi connectivity index (χ3v) is 6.99. The molecule has 0 fully saturated rings. The summed E-state index contributed by atoms with van der Waals surface area (Å²) in [6.07, 6.45) is -0.247. The number of rotatable bonds is 9. The van der Waals surface area contributed by atoms with Gasteiger partial charge >= 0.3 is 5.69 Å². The van der Waals surface area contributed by atoms with Gasteiger partial charge in [-0.1, -0.05) is 18.2 Å². The van der Waals surface area contributed by atoms with Gasteiger partial charge in [0, 0.05) is 25.4 Å². The second-order valence-electron chi connectivity index (χ2n) is 7.44. The van der Waals surface area contributed by atoms with Crippen molar-refractivity contribution in [2.45, 2.75) is 30.8 Å². The monoisotopic (exact) mass is 488 g/mol. The Balaban J connectivity index is 1.81. The lowest BCUT2D eigenvalue weighted by Crippen LogP contribution is -2.48. The molecule has 0 bridgehead atoms. The first-order chi connectivity index (χ1) is 16.1. The number of hydrogen-bond acceptors (Lipinski definition) is 7. The number of para-hydroxylation sites is 1. The van der Waals surface area contributed by atoms with Crippen molar-refractivity contribution in [3.05, 3.63) is 87.2 Å². The van der Waals surface area contributed by atoms with Crippen molar-refractivity contribution < 1.29 is 23.2 Å². The molecule has 2 aromatic carbocycles. The molecular weight excluding hydrogens is 464 g/mol. The zero-order valence-electron chi connectivity index (χ0n) is 18.5. The number of nitrogens with zero attached hydrogens (tertiary/aromatic N) is 2. The van der Waals surface area contributed by atoms with E-state index in [4.69, 9.17) is 9.94 Å². The lowest BCUT2D eigenvalue weighted by Gasteiger charge is -2.26. The first kappa shape index (κ1) is 24.9. The van der Waals surface area contributed by atoms with E-state index in [-0.39, 0.29) is 17.9 Å². The van der Waals surface area contributed by atoms with Gasteiger partial charge in [-0.15, -0.1) is 0 Å². The highest BCUT2D eigenvalue weighted by Gasteiger charge is 2.33. The number of aryl methyl sites for hydroxylation is 1. The highest BCUT2D eigenvalue weighted by Crippen LogP contribution is 2.25. The third kappa shape index (κ3) is 5.60. The fourth-order valence-corrected chi connectivity index (χ4v) is 4.64. The Hall–Kier alpha value is -3.74. The molecule has 0 aliphatic rings. The molecule has 3 N–H and O–H groups in total. The van der Waals surface area contributed by atoms with E-state index in [1.807, 2.05) is 6.07 Å². The van der Waals surface area contributed by atoms with E-state index < -0.39 is 33.2 Å². The number of aromatic amines is 1. The Morgan fingerprint density at radius 2 is 1.74 bits per heavy atom. The quantitative estimate of drug-likeness (QED) is 0.303. The van der Waals surface area contributed by atoms with E-state index in [0.717, 1.165) is 8.87 Å². The number of ether oxygens (including phenoxy) is 1. The summed E-state index contributed by atoms with van der Waals surface area (Å²) in [6.45, 7) is 1.29. The maximum absolute atomic E-state index is 13.1. The van der Waals surface area contributed by atoms with Crippen LogP contribution < -0.4 is 21.5 Å². The third-order valence-electron chi connectivity index (χ3n) is 5.11. The summed E-state index contributed by atoms with van der Waals surface area (Å²) in [5.74, 6) is -0.0154. The van der Waals surface area contributed by atoms with Crippen LogP contribution in [0, 0.1) is 6.92 Å². The predicted octanol–water partition coefficient (Wildman–Crippen LogP) is 1.22. The van der Waals surface area contributed by atoms with Crippen LogP contribution in [0.5, 0.6) is 11.5 Å². The number of sulfonamides is 1. The first-order valence-electron chi connectivity index (χ1n) is 10.2. The smallest absolute Gasteiger partial charge is 0.328 e. The van der Waals surface area contributed by atoms with E-state index in [9.17, 15) is 22.8 Å². The van der Waals surface area contributed by atoms with Gasteiger partial charge in [0.05, 0.1) is 4.90 Å². The molecule has 1 aromatic heterocycles. The second kappa shape index (κ2) is 10.5. The molecule has 3 rings (SSSR count). The van der Waals surface area contributed by atoms with Crippen LogP contribution in [0.25, 0.3) is 0 Å². The van der Waals surface area contributed by atoms with Gasteiger partial charge in [-0.2, -0.15) is 4.31 Å². The molecule has 0 aliphatic heterocycles. The van der Waals surface area contributed by atoms with E-state index in [2.05, 4.69) is 4.98 Å². The largest absolute Gasteiger partial charge is 0.457 e. The van der Waals surface area contributed by atoms with Crippen molar-refractivity contribution in [1.82, 2.24) is 19.3 Å². The van der Waals surface area contributed by atoms with Crippen LogP contribution in [0.1, 0.15) is 12.1 Å². The van der Waals surface area contributed by atoms with Gasteiger partial charge in [-0.25, -0.2) is 18.7 Å². The van der Waals surface area contributed by atoms with Crippen molar-refractivity contribution in [3.8, 4) is 11.5 Å². The van der Waals surface area contributed by atoms with Crippen molar-refractivity contribution in [3.63, 3.8) is 0 Å². The molecule has 180 valence electrons. The van der Waals surface area contributed by atoms with Crippen LogP contribution in [-0.4, -0.2) is 46.5 Å². The van der Waals surface area contributed by atoms with Crippen LogP contribution in [0.4, 0.5) is 0 Å². The summed E-state index contributed by atoms with van der Waals surface area (Å²) in [7, 11) is -3.01. The summed E-state index contributed by atoms with van der Waals surface area (Å²) >= 11 is 0. The Bertz CT molecular complexity index is 1340. The zero-order valence-corrected chi connectivity index (χ0v) is 19.3. The Morgan fingerprint density at radius 1 is 1.12 bits per heavy atom. The molecular formula is C22H24N4O7S. The average Bonchev–Trinajstić information content (AvgIpc) is 2.81. The molecule has 1 heterocycles. The summed E-state index contributed by atoms with van der Waals surface area (Å²) < 4.78 is 33.6. The normalized spacial score (nSPS) is 12.4. The summed E-state index contributed by atoms with van der Waals surface area (Å²) in [6, 6.07) is 14.3. The number of H-pyrrole nitrogens is 1. The minimum Gasteiger partial charge on any atom is -0.457 e. The van der Waals surface area contributed by atoms with Crippen LogP contribution in [0.2, 0.25) is 0 Å². The van der Waals surface area contributed by atoms with Gasteiger partial charge in [-0.3, -0.25) is 19.4 Å². The lowest BCUT2D eigenvalue weighted by atomic mass is 10.2. The number of hydrogen-bond donors (Lipinski definition) is 3. The molecule has 12 heteroatoms. The molecule has 1 atom stereocenters. The lowest BCUT2D eigenvalue weighted by molar-refractivity contribution is -0.133. The predicted molar refractivity (Wildman–Crippen MR) is 122 cm³/mol. The van der Waals surface area contributed by atoms with Crippen molar-refractivity contribution >= 4 is 15.9 Å². The number of aromatic nitrogens is 2. The van der Waals surface area contributed by atoms with Gasteiger partial charge in [0.1, 0.15) is 17.5 Å². The topological polar surface area (TPSA) is 151 Å². The maximum atomic E-state index is 13.1. The summed E-state index contributed by atoms with van der Waals surface area (Å²) in [5, 5.41) is 9.14. The molecule has 11 nitrogen and oxygen atoms in total. The number of carbonyl (C=O) groups is 1. The molecule has 1 unspecified atom stereocenters. The molecule has 0 saturated heterocycles. The minimum absolute atomic E-state index is 0.114. The van der Waals surface area contributed by atoms with Crippen LogP contribution in [-0.2, 0) is 21.4 Å². The van der Waals surface area contributed by atoms with Gasteiger partial charge in [0.2, 0.25) is 10.0 Å². The maximum Gasteiger partial charge on any atom is 0.328 e. The highest BCUT2D eigenvalue weighted by molar-refractivity contribution is 7.89. The molecule has 0 spiro atoms.